The van der Waals surface area contributed by atoms with E-state index in [0.717, 1.165) is 12.8 Å². The number of carbonyl (C=O) groups excluding carboxylic acids is 2. The third-order valence-corrected chi connectivity index (χ3v) is 5.62. The van der Waals surface area contributed by atoms with E-state index in [-0.39, 0.29) is 17.7 Å². The van der Waals surface area contributed by atoms with Crippen molar-refractivity contribution < 1.29 is 38.0 Å². The van der Waals surface area contributed by atoms with Crippen LogP contribution in [0.15, 0.2) is 24.3 Å². The van der Waals surface area contributed by atoms with Crippen molar-refractivity contribution in [2.75, 3.05) is 55.7 Å². The Morgan fingerprint density at radius 2 is 1.06 bits per heavy atom. The number of rotatable bonds is 14. The SMILES string of the molecule is COc1cc(C(=O)NCCC[C@@H](C)CNC(=O)c2cc(OC)c(OC)c(OC)c2)cc(OC)c1OC. The molecule has 0 aromatic heterocycles. The zero-order valence-electron chi connectivity index (χ0n) is 22.0. The summed E-state index contributed by atoms with van der Waals surface area (Å²) in [6.07, 6.45) is 1.56. The van der Waals surface area contributed by atoms with E-state index in [9.17, 15) is 9.59 Å². The molecule has 36 heavy (non-hydrogen) atoms. The van der Waals surface area contributed by atoms with Gasteiger partial charge in [-0.2, -0.15) is 0 Å². The molecule has 0 saturated carbocycles. The third-order valence-electron chi connectivity index (χ3n) is 5.62. The lowest BCUT2D eigenvalue weighted by Gasteiger charge is -2.16. The number of hydrogen-bond donors (Lipinski definition) is 2. The molecule has 2 aromatic carbocycles. The molecule has 0 unspecified atom stereocenters. The van der Waals surface area contributed by atoms with Crippen LogP contribution in [-0.2, 0) is 0 Å². The predicted molar refractivity (Wildman–Crippen MR) is 135 cm³/mol. The highest BCUT2D eigenvalue weighted by atomic mass is 16.5. The molecule has 0 spiro atoms. The average Bonchev–Trinajstić information content (AvgIpc) is 2.91. The van der Waals surface area contributed by atoms with E-state index >= 15 is 0 Å². The number of carbonyl (C=O) groups is 2. The summed E-state index contributed by atoms with van der Waals surface area (Å²) < 4.78 is 31.8. The van der Waals surface area contributed by atoms with Gasteiger partial charge in [-0.15, -0.1) is 0 Å². The zero-order chi connectivity index (χ0) is 26.7. The van der Waals surface area contributed by atoms with Gasteiger partial charge in [-0.05, 0) is 43.0 Å². The smallest absolute Gasteiger partial charge is 0.251 e. The second-order valence-corrected chi connectivity index (χ2v) is 8.04. The summed E-state index contributed by atoms with van der Waals surface area (Å²) in [5.41, 5.74) is 0.824. The minimum absolute atomic E-state index is 0.203. The van der Waals surface area contributed by atoms with E-state index in [1.807, 2.05) is 6.92 Å². The highest BCUT2D eigenvalue weighted by Crippen LogP contribution is 2.39. The molecule has 0 radical (unpaired) electrons. The molecule has 0 aliphatic carbocycles. The summed E-state index contributed by atoms with van der Waals surface area (Å²) >= 11 is 0. The van der Waals surface area contributed by atoms with Gasteiger partial charge in [-0.25, -0.2) is 0 Å². The second-order valence-electron chi connectivity index (χ2n) is 8.04. The van der Waals surface area contributed by atoms with Gasteiger partial charge in [0.1, 0.15) is 0 Å². The molecular weight excluding hydrogens is 468 g/mol. The van der Waals surface area contributed by atoms with E-state index in [0.29, 0.717) is 58.7 Å². The van der Waals surface area contributed by atoms with Crippen LogP contribution in [0, 0.1) is 5.92 Å². The predicted octanol–water partition coefficient (Wildman–Crippen LogP) is 3.31. The van der Waals surface area contributed by atoms with Crippen LogP contribution in [0.1, 0.15) is 40.5 Å². The van der Waals surface area contributed by atoms with Crippen LogP contribution in [0.2, 0.25) is 0 Å². The molecule has 0 aliphatic heterocycles. The molecule has 2 amide bonds. The van der Waals surface area contributed by atoms with Crippen LogP contribution in [0.25, 0.3) is 0 Å². The lowest BCUT2D eigenvalue weighted by atomic mass is 10.1. The molecule has 198 valence electrons. The maximum Gasteiger partial charge on any atom is 0.251 e. The zero-order valence-corrected chi connectivity index (χ0v) is 22.0. The van der Waals surface area contributed by atoms with E-state index in [1.165, 1.54) is 42.7 Å². The monoisotopic (exact) mass is 504 g/mol. The Kier molecular flexibility index (Phi) is 11.0. The van der Waals surface area contributed by atoms with Gasteiger partial charge in [-0.1, -0.05) is 6.92 Å². The van der Waals surface area contributed by atoms with Gasteiger partial charge in [0.2, 0.25) is 11.5 Å². The number of amides is 2. The van der Waals surface area contributed by atoms with Crippen molar-refractivity contribution in [1.82, 2.24) is 10.6 Å². The highest BCUT2D eigenvalue weighted by Gasteiger charge is 2.18. The lowest BCUT2D eigenvalue weighted by Crippen LogP contribution is -2.29. The van der Waals surface area contributed by atoms with Gasteiger partial charge in [0.05, 0.1) is 42.7 Å². The standard InChI is InChI=1S/C26H36N2O8/c1-16(15-28-26(30)18-13-21(33-4)24(36-7)22(14-18)34-5)9-8-10-27-25(29)17-11-19(31-2)23(35-6)20(12-17)32-3/h11-14,16H,8-10,15H2,1-7H3,(H,27,29)(H,28,30)/t16-/m1/s1. The molecule has 10 heteroatoms. The van der Waals surface area contributed by atoms with Crippen molar-refractivity contribution >= 4 is 11.8 Å². The topological polar surface area (TPSA) is 114 Å². The normalized spacial score (nSPS) is 11.2. The first-order valence-corrected chi connectivity index (χ1v) is 11.5. The molecule has 1 atom stereocenters. The second kappa shape index (κ2) is 13.9. The van der Waals surface area contributed by atoms with Crippen LogP contribution in [0.4, 0.5) is 0 Å². The Morgan fingerprint density at radius 1 is 0.667 bits per heavy atom. The Morgan fingerprint density at radius 3 is 1.42 bits per heavy atom. The van der Waals surface area contributed by atoms with Gasteiger partial charge < -0.3 is 39.1 Å². The maximum absolute atomic E-state index is 12.7. The molecule has 0 aliphatic rings. The van der Waals surface area contributed by atoms with E-state index in [2.05, 4.69) is 10.6 Å². The molecule has 10 nitrogen and oxygen atoms in total. The van der Waals surface area contributed by atoms with Crippen molar-refractivity contribution in [3.05, 3.63) is 35.4 Å². The Balaban J connectivity index is 1.85. The van der Waals surface area contributed by atoms with Crippen LogP contribution < -0.4 is 39.1 Å². The van der Waals surface area contributed by atoms with E-state index in [4.69, 9.17) is 28.4 Å². The Hall–Kier alpha value is -3.82. The fourth-order valence-electron chi connectivity index (χ4n) is 3.65. The summed E-state index contributed by atoms with van der Waals surface area (Å²) in [7, 11) is 9.02. The maximum atomic E-state index is 12.7. The van der Waals surface area contributed by atoms with Crippen molar-refractivity contribution in [2.24, 2.45) is 5.92 Å². The number of ether oxygens (including phenoxy) is 6. The molecule has 0 saturated heterocycles. The average molecular weight is 505 g/mol. The first-order chi connectivity index (χ1) is 17.3. The fourth-order valence-corrected chi connectivity index (χ4v) is 3.65. The highest BCUT2D eigenvalue weighted by molar-refractivity contribution is 5.96. The largest absolute Gasteiger partial charge is 0.493 e. The summed E-state index contributed by atoms with van der Waals surface area (Å²) in [6.45, 7) is 3.01. The number of hydrogen-bond acceptors (Lipinski definition) is 8. The first kappa shape index (κ1) is 28.4. The summed E-state index contributed by atoms with van der Waals surface area (Å²) in [4.78, 5) is 25.3. The summed E-state index contributed by atoms with van der Waals surface area (Å²) in [5.74, 6) is 2.24. The molecule has 2 aromatic rings. The van der Waals surface area contributed by atoms with Gasteiger partial charge in [0.25, 0.3) is 11.8 Å². The fraction of sp³-hybridized carbons (Fsp3) is 0.462. The van der Waals surface area contributed by atoms with Crippen LogP contribution in [0.3, 0.4) is 0 Å². The molecule has 2 N–H and O–H groups in total. The lowest BCUT2D eigenvalue weighted by molar-refractivity contribution is 0.0944. The van der Waals surface area contributed by atoms with E-state index in [1.54, 1.807) is 24.3 Å². The first-order valence-electron chi connectivity index (χ1n) is 11.5. The molecule has 0 fully saturated rings. The molecular formula is C26H36N2O8. The number of methoxy groups -OCH3 is 6. The van der Waals surface area contributed by atoms with Gasteiger partial charge >= 0.3 is 0 Å². The van der Waals surface area contributed by atoms with Gasteiger partial charge in [0, 0.05) is 24.2 Å². The van der Waals surface area contributed by atoms with Crippen LogP contribution in [-0.4, -0.2) is 67.6 Å². The Labute approximate surface area is 212 Å². The summed E-state index contributed by atoms with van der Waals surface area (Å²) in [6, 6.07) is 6.44. The van der Waals surface area contributed by atoms with Gasteiger partial charge in [0.15, 0.2) is 23.0 Å². The quantitative estimate of drug-likeness (QED) is 0.377. The third kappa shape index (κ3) is 7.10. The van der Waals surface area contributed by atoms with Crippen molar-refractivity contribution in [3.63, 3.8) is 0 Å². The molecule has 0 heterocycles. The molecule has 2 rings (SSSR count). The van der Waals surface area contributed by atoms with Crippen molar-refractivity contribution in [3.8, 4) is 34.5 Å². The van der Waals surface area contributed by atoms with Crippen LogP contribution >= 0.6 is 0 Å². The van der Waals surface area contributed by atoms with Crippen molar-refractivity contribution in [2.45, 2.75) is 19.8 Å². The van der Waals surface area contributed by atoms with E-state index < -0.39 is 0 Å². The Bertz CT molecular complexity index is 991. The summed E-state index contributed by atoms with van der Waals surface area (Å²) in [5, 5.41) is 5.84. The van der Waals surface area contributed by atoms with Gasteiger partial charge in [-0.3, -0.25) is 9.59 Å². The van der Waals surface area contributed by atoms with Crippen molar-refractivity contribution in [1.29, 1.82) is 0 Å². The number of nitrogens with one attached hydrogen (secondary N) is 2. The molecule has 0 bridgehead atoms. The minimum atomic E-state index is -0.239. The minimum Gasteiger partial charge on any atom is -0.493 e. The van der Waals surface area contributed by atoms with Crippen LogP contribution in [0.5, 0.6) is 34.5 Å². The number of benzene rings is 2.